The zero-order valence-electron chi connectivity index (χ0n) is 13.3. The van der Waals surface area contributed by atoms with Crippen LogP contribution in [0.5, 0.6) is 0 Å². The van der Waals surface area contributed by atoms with Crippen LogP contribution in [0.4, 0.5) is 0 Å². The number of hydrogen-bond acceptors (Lipinski definition) is 4. The van der Waals surface area contributed by atoms with Gasteiger partial charge in [-0.15, -0.1) is 0 Å². The van der Waals surface area contributed by atoms with E-state index in [0.29, 0.717) is 5.39 Å². The Morgan fingerprint density at radius 2 is 2.00 bits per heavy atom. The second kappa shape index (κ2) is 6.51. The molecule has 0 aliphatic rings. The fraction of sp³-hybridized carbons (Fsp3) is 0.375. The summed E-state index contributed by atoms with van der Waals surface area (Å²) in [5.74, 6) is -1.33. The maximum atomic E-state index is 12.4. The van der Waals surface area contributed by atoms with E-state index in [9.17, 15) is 9.59 Å². The minimum absolute atomic E-state index is 0.165. The van der Waals surface area contributed by atoms with E-state index >= 15 is 0 Å². The lowest BCUT2D eigenvalue weighted by atomic mass is 10.1. The fourth-order valence-corrected chi connectivity index (χ4v) is 2.34. The summed E-state index contributed by atoms with van der Waals surface area (Å²) >= 11 is 0. The second-order valence-corrected chi connectivity index (χ2v) is 5.23. The number of hydrazone groups is 1. The van der Waals surface area contributed by atoms with Gasteiger partial charge in [-0.1, -0.05) is 31.5 Å². The molecule has 6 nitrogen and oxygen atoms in total. The van der Waals surface area contributed by atoms with Crippen molar-refractivity contribution in [3.05, 3.63) is 30.0 Å². The largest absolute Gasteiger partial charge is 0.316 e. The zero-order valence-corrected chi connectivity index (χ0v) is 13.3. The molecule has 0 fully saturated rings. The number of likely N-dealkylation sites (N-methyl/N-ethyl adjacent to an activating group) is 1. The molecule has 0 bridgehead atoms. The van der Waals surface area contributed by atoms with Crippen LogP contribution in [0.1, 0.15) is 37.2 Å². The lowest BCUT2D eigenvalue weighted by molar-refractivity contribution is -0.125. The monoisotopic (exact) mass is 300 g/mol. The molecule has 0 saturated carbocycles. The predicted molar refractivity (Wildman–Crippen MR) is 85.8 cm³/mol. The summed E-state index contributed by atoms with van der Waals surface area (Å²) in [5.41, 5.74) is 1.79. The number of nitrogens with zero attached hydrogens (tertiary/aromatic N) is 4. The van der Waals surface area contributed by atoms with Crippen molar-refractivity contribution in [2.75, 3.05) is 7.05 Å². The van der Waals surface area contributed by atoms with Gasteiger partial charge in [0.1, 0.15) is 5.69 Å². The maximum Gasteiger partial charge on any atom is 0.316 e. The lowest BCUT2D eigenvalue weighted by Crippen LogP contribution is -2.30. The summed E-state index contributed by atoms with van der Waals surface area (Å²) in [6.07, 6.45) is 1.73. The van der Waals surface area contributed by atoms with E-state index in [1.54, 1.807) is 17.8 Å². The minimum Gasteiger partial charge on any atom is -0.281 e. The number of hydrogen-bond donors (Lipinski definition) is 0. The predicted octanol–water partition coefficient (Wildman–Crippen LogP) is 2.39. The molecule has 1 heterocycles. The Hall–Kier alpha value is -2.50. The number of amides is 1. The van der Waals surface area contributed by atoms with Crippen LogP contribution in [0.15, 0.2) is 29.4 Å². The molecule has 0 spiro atoms. The number of aromatic nitrogens is 2. The number of rotatable bonds is 5. The number of para-hydroxylation sites is 1. The number of benzene rings is 1. The lowest BCUT2D eigenvalue weighted by Gasteiger charge is -2.10. The van der Waals surface area contributed by atoms with Crippen molar-refractivity contribution < 1.29 is 9.59 Å². The number of Topliss-reactive ketones (excluding diaryl/α,β-unsaturated/α-hetero) is 1. The van der Waals surface area contributed by atoms with Crippen LogP contribution in [0, 0.1) is 0 Å². The van der Waals surface area contributed by atoms with Crippen molar-refractivity contribution >= 4 is 28.3 Å². The summed E-state index contributed by atoms with van der Waals surface area (Å²) in [6, 6.07) is 7.33. The molecule has 1 aromatic heterocycles. The van der Waals surface area contributed by atoms with E-state index in [4.69, 9.17) is 0 Å². The molecule has 0 atom stereocenters. The zero-order chi connectivity index (χ0) is 16.3. The Balaban J connectivity index is 2.30. The maximum absolute atomic E-state index is 12.4. The topological polar surface area (TPSA) is 67.6 Å². The van der Waals surface area contributed by atoms with Crippen LogP contribution in [0.3, 0.4) is 0 Å². The normalized spacial score (nSPS) is 11.7. The van der Waals surface area contributed by atoms with Crippen LogP contribution >= 0.6 is 0 Å². The van der Waals surface area contributed by atoms with Gasteiger partial charge in [0.15, 0.2) is 0 Å². The average molecular weight is 300 g/mol. The molecule has 2 rings (SSSR count). The van der Waals surface area contributed by atoms with Crippen molar-refractivity contribution in [2.45, 2.75) is 26.7 Å². The van der Waals surface area contributed by atoms with Crippen molar-refractivity contribution in [3.63, 3.8) is 0 Å². The standard InChI is InChI=1S/C16H20N4O2/c1-5-8-11(2)17-20(4)16(22)15(21)14-12-9-6-7-10-13(12)19(3)18-14/h6-7,9-10H,5,8H2,1-4H3. The first-order valence-corrected chi connectivity index (χ1v) is 7.24. The molecular formula is C16H20N4O2. The SMILES string of the molecule is CCCC(C)=NN(C)C(=O)C(=O)c1nn(C)c2ccccc12. The quantitative estimate of drug-likeness (QED) is 0.368. The van der Waals surface area contributed by atoms with Gasteiger partial charge in [0.05, 0.1) is 5.52 Å². The van der Waals surface area contributed by atoms with Gasteiger partial charge in [-0.2, -0.15) is 10.2 Å². The molecule has 0 N–H and O–H groups in total. The van der Waals surface area contributed by atoms with Gasteiger partial charge in [-0.05, 0) is 19.4 Å². The Bertz CT molecular complexity index is 746. The molecule has 1 aromatic carbocycles. The van der Waals surface area contributed by atoms with Crippen molar-refractivity contribution in [1.82, 2.24) is 14.8 Å². The van der Waals surface area contributed by atoms with Gasteiger partial charge in [-0.3, -0.25) is 14.3 Å². The summed E-state index contributed by atoms with van der Waals surface area (Å²) in [5, 5.41) is 10.1. The number of carbonyl (C=O) groups is 2. The minimum atomic E-state index is -0.681. The molecule has 0 aliphatic carbocycles. The Kier molecular flexibility index (Phi) is 4.70. The third-order valence-corrected chi connectivity index (χ3v) is 3.39. The summed E-state index contributed by atoms with van der Waals surface area (Å²) < 4.78 is 1.60. The Labute approximate surface area is 129 Å². The molecular weight excluding hydrogens is 280 g/mol. The first kappa shape index (κ1) is 15.9. The molecule has 116 valence electrons. The molecule has 0 radical (unpaired) electrons. The van der Waals surface area contributed by atoms with Crippen molar-refractivity contribution in [2.24, 2.45) is 12.1 Å². The van der Waals surface area contributed by atoms with Crippen LogP contribution in [-0.2, 0) is 11.8 Å². The molecule has 0 aliphatic heterocycles. The summed E-state index contributed by atoms with van der Waals surface area (Å²) in [7, 11) is 3.24. The molecule has 2 aromatic rings. The Morgan fingerprint density at radius 3 is 2.68 bits per heavy atom. The van der Waals surface area contributed by atoms with E-state index in [0.717, 1.165) is 29.1 Å². The number of fused-ring (bicyclic) bond motifs is 1. The molecule has 6 heteroatoms. The van der Waals surface area contributed by atoms with Crippen LogP contribution in [0.2, 0.25) is 0 Å². The highest BCUT2D eigenvalue weighted by atomic mass is 16.2. The fourth-order valence-electron chi connectivity index (χ4n) is 2.34. The number of ketones is 1. The van der Waals surface area contributed by atoms with Crippen LogP contribution < -0.4 is 0 Å². The molecule has 1 amide bonds. The average Bonchev–Trinajstić information content (AvgIpc) is 2.83. The van der Waals surface area contributed by atoms with E-state index in [-0.39, 0.29) is 5.69 Å². The Morgan fingerprint density at radius 1 is 1.32 bits per heavy atom. The number of aryl methyl sites for hydroxylation is 1. The molecule has 0 saturated heterocycles. The van der Waals surface area contributed by atoms with Gasteiger partial charge in [-0.25, -0.2) is 5.01 Å². The highest BCUT2D eigenvalue weighted by molar-refractivity contribution is 6.44. The third kappa shape index (κ3) is 3.05. The van der Waals surface area contributed by atoms with Gasteiger partial charge >= 0.3 is 5.91 Å². The number of carbonyl (C=O) groups excluding carboxylic acids is 2. The third-order valence-electron chi connectivity index (χ3n) is 3.39. The summed E-state index contributed by atoms with van der Waals surface area (Å²) in [4.78, 5) is 24.7. The van der Waals surface area contributed by atoms with E-state index in [2.05, 4.69) is 10.2 Å². The van der Waals surface area contributed by atoms with E-state index in [1.165, 1.54) is 7.05 Å². The van der Waals surface area contributed by atoms with Crippen molar-refractivity contribution in [3.8, 4) is 0 Å². The first-order valence-electron chi connectivity index (χ1n) is 7.24. The highest BCUT2D eigenvalue weighted by Crippen LogP contribution is 2.18. The van der Waals surface area contributed by atoms with Crippen LogP contribution in [-0.4, -0.2) is 39.2 Å². The van der Waals surface area contributed by atoms with Gasteiger partial charge < -0.3 is 0 Å². The van der Waals surface area contributed by atoms with E-state index < -0.39 is 11.7 Å². The highest BCUT2D eigenvalue weighted by Gasteiger charge is 2.25. The molecule has 0 unspecified atom stereocenters. The van der Waals surface area contributed by atoms with Gasteiger partial charge in [0.25, 0.3) is 5.78 Å². The first-order chi connectivity index (χ1) is 10.5. The van der Waals surface area contributed by atoms with Gasteiger partial charge in [0, 0.05) is 25.2 Å². The van der Waals surface area contributed by atoms with E-state index in [1.807, 2.05) is 32.0 Å². The molecule has 22 heavy (non-hydrogen) atoms. The van der Waals surface area contributed by atoms with Crippen LogP contribution in [0.25, 0.3) is 10.9 Å². The smallest absolute Gasteiger partial charge is 0.281 e. The van der Waals surface area contributed by atoms with Gasteiger partial charge in [0.2, 0.25) is 0 Å². The second-order valence-electron chi connectivity index (χ2n) is 5.23. The summed E-state index contributed by atoms with van der Waals surface area (Å²) in [6.45, 7) is 3.87. The van der Waals surface area contributed by atoms with Crippen molar-refractivity contribution in [1.29, 1.82) is 0 Å².